The Hall–Kier alpha value is -0.880. The molecule has 1 amide bonds. The molecule has 1 aliphatic carbocycles. The first-order chi connectivity index (χ1) is 6.93. The standard InChI is InChI=1S/C9H15NO4S/c1-7(9(10)11)15(12,13)14-8-5-3-2-4-6-8/h8H,1-6H2,(H2,10,11). The third-order valence-electron chi connectivity index (χ3n) is 2.39. The summed E-state index contributed by atoms with van der Waals surface area (Å²) < 4.78 is 27.7. The molecule has 0 aromatic rings. The van der Waals surface area contributed by atoms with Crippen molar-refractivity contribution in [1.29, 1.82) is 0 Å². The van der Waals surface area contributed by atoms with Crippen LogP contribution in [0, 0.1) is 0 Å². The SMILES string of the molecule is C=C(C(N)=O)S(=O)(=O)OC1CCCCC1. The number of hydrogen-bond acceptors (Lipinski definition) is 4. The van der Waals surface area contributed by atoms with Gasteiger partial charge in [-0.05, 0) is 12.8 Å². The predicted molar refractivity (Wildman–Crippen MR) is 55.2 cm³/mol. The third kappa shape index (κ3) is 3.32. The number of carbonyl (C=O) groups excluding carboxylic acids is 1. The first-order valence-corrected chi connectivity index (χ1v) is 6.26. The molecule has 0 radical (unpaired) electrons. The number of amides is 1. The van der Waals surface area contributed by atoms with E-state index < -0.39 is 20.9 Å². The topological polar surface area (TPSA) is 86.5 Å². The Morgan fingerprint density at radius 3 is 2.27 bits per heavy atom. The molecule has 0 aromatic carbocycles. The minimum atomic E-state index is -4.03. The molecule has 0 saturated heterocycles. The normalized spacial score (nSPS) is 18.7. The van der Waals surface area contributed by atoms with Crippen LogP contribution in [0.4, 0.5) is 0 Å². The molecule has 2 N–H and O–H groups in total. The second-order valence-corrected chi connectivity index (χ2v) is 5.19. The van der Waals surface area contributed by atoms with E-state index in [0.717, 1.165) is 19.3 Å². The smallest absolute Gasteiger partial charge is 0.302 e. The van der Waals surface area contributed by atoms with Gasteiger partial charge in [0.1, 0.15) is 0 Å². The molecule has 1 fully saturated rings. The fourth-order valence-corrected chi connectivity index (χ4v) is 2.44. The van der Waals surface area contributed by atoms with Crippen molar-refractivity contribution in [3.05, 3.63) is 11.5 Å². The Morgan fingerprint density at radius 2 is 1.80 bits per heavy atom. The molecule has 0 aliphatic heterocycles. The molecule has 0 heterocycles. The van der Waals surface area contributed by atoms with Gasteiger partial charge in [0, 0.05) is 0 Å². The second kappa shape index (κ2) is 4.76. The minimum absolute atomic E-state index is 0.333. The molecule has 0 unspecified atom stereocenters. The Bertz CT molecular complexity index is 354. The molecule has 6 heteroatoms. The quantitative estimate of drug-likeness (QED) is 0.571. The Morgan fingerprint density at radius 1 is 1.27 bits per heavy atom. The van der Waals surface area contributed by atoms with Gasteiger partial charge in [0.05, 0.1) is 6.10 Å². The summed E-state index contributed by atoms with van der Waals surface area (Å²) in [5.74, 6) is -1.06. The maximum atomic E-state index is 11.4. The highest BCUT2D eigenvalue weighted by molar-refractivity contribution is 7.91. The van der Waals surface area contributed by atoms with Crippen molar-refractivity contribution in [2.45, 2.75) is 38.2 Å². The fraction of sp³-hybridized carbons (Fsp3) is 0.667. The third-order valence-corrected chi connectivity index (χ3v) is 3.72. The lowest BCUT2D eigenvalue weighted by molar-refractivity contribution is -0.114. The predicted octanol–water partition coefficient (Wildman–Crippen LogP) is 0.664. The van der Waals surface area contributed by atoms with Gasteiger partial charge in [0.15, 0.2) is 4.91 Å². The molecule has 1 aliphatic rings. The summed E-state index contributed by atoms with van der Waals surface area (Å²) in [7, 11) is -4.03. The van der Waals surface area contributed by atoms with Gasteiger partial charge in [-0.2, -0.15) is 8.42 Å². The van der Waals surface area contributed by atoms with Gasteiger partial charge >= 0.3 is 10.1 Å². The Kier molecular flexibility index (Phi) is 3.87. The first-order valence-electron chi connectivity index (χ1n) is 4.85. The van der Waals surface area contributed by atoms with Gasteiger partial charge in [0.25, 0.3) is 5.91 Å². The molecule has 0 aromatic heterocycles. The molecule has 0 spiro atoms. The van der Waals surface area contributed by atoms with E-state index in [1.54, 1.807) is 0 Å². The van der Waals surface area contributed by atoms with Gasteiger partial charge in [-0.15, -0.1) is 0 Å². The van der Waals surface area contributed by atoms with E-state index in [4.69, 9.17) is 9.92 Å². The fourth-order valence-electron chi connectivity index (χ4n) is 1.52. The molecular formula is C9H15NO4S. The number of rotatable bonds is 4. The highest BCUT2D eigenvalue weighted by Crippen LogP contribution is 2.23. The highest BCUT2D eigenvalue weighted by atomic mass is 32.2. The summed E-state index contributed by atoms with van der Waals surface area (Å²) in [5, 5.41) is 0. The van der Waals surface area contributed by atoms with Gasteiger partial charge in [-0.25, -0.2) is 0 Å². The van der Waals surface area contributed by atoms with E-state index in [-0.39, 0.29) is 6.10 Å². The van der Waals surface area contributed by atoms with Gasteiger partial charge in [-0.1, -0.05) is 25.8 Å². The average Bonchev–Trinajstić information content (AvgIpc) is 2.17. The van der Waals surface area contributed by atoms with Crippen LogP contribution in [0.2, 0.25) is 0 Å². The molecule has 0 atom stereocenters. The van der Waals surface area contributed by atoms with Crippen molar-refractivity contribution >= 4 is 16.0 Å². The van der Waals surface area contributed by atoms with Crippen LogP contribution in [0.25, 0.3) is 0 Å². The van der Waals surface area contributed by atoms with E-state index in [2.05, 4.69) is 6.58 Å². The Labute approximate surface area is 89.4 Å². The van der Waals surface area contributed by atoms with Crippen molar-refractivity contribution < 1.29 is 17.4 Å². The first kappa shape index (κ1) is 12.2. The number of nitrogens with two attached hydrogens (primary N) is 1. The van der Waals surface area contributed by atoms with Crippen LogP contribution >= 0.6 is 0 Å². The lowest BCUT2D eigenvalue weighted by Gasteiger charge is -2.21. The van der Waals surface area contributed by atoms with Gasteiger partial charge in [-0.3, -0.25) is 8.98 Å². The number of hydrogen-bond donors (Lipinski definition) is 1. The maximum absolute atomic E-state index is 11.4. The van der Waals surface area contributed by atoms with E-state index in [0.29, 0.717) is 12.8 Å². The molecule has 5 nitrogen and oxygen atoms in total. The van der Waals surface area contributed by atoms with Crippen molar-refractivity contribution in [3.8, 4) is 0 Å². The van der Waals surface area contributed by atoms with E-state index in [1.165, 1.54) is 0 Å². The molecule has 1 rings (SSSR count). The van der Waals surface area contributed by atoms with Crippen LogP contribution in [0.3, 0.4) is 0 Å². The summed E-state index contributed by atoms with van der Waals surface area (Å²) in [5.41, 5.74) is 4.83. The van der Waals surface area contributed by atoms with Crippen molar-refractivity contribution in [2.75, 3.05) is 0 Å². The van der Waals surface area contributed by atoms with Crippen molar-refractivity contribution in [1.82, 2.24) is 0 Å². The van der Waals surface area contributed by atoms with Crippen LogP contribution in [0.5, 0.6) is 0 Å². The lowest BCUT2D eigenvalue weighted by atomic mass is 9.98. The monoisotopic (exact) mass is 233 g/mol. The second-order valence-electron chi connectivity index (χ2n) is 3.60. The van der Waals surface area contributed by atoms with Crippen LogP contribution in [0.15, 0.2) is 11.5 Å². The molecule has 1 saturated carbocycles. The molecular weight excluding hydrogens is 218 g/mol. The zero-order valence-electron chi connectivity index (χ0n) is 8.44. The summed E-state index contributed by atoms with van der Waals surface area (Å²) in [4.78, 5) is 9.98. The summed E-state index contributed by atoms with van der Waals surface area (Å²) in [6.07, 6.45) is 4.06. The Balaban J connectivity index is 2.63. The lowest BCUT2D eigenvalue weighted by Crippen LogP contribution is -2.26. The van der Waals surface area contributed by atoms with Crippen LogP contribution in [-0.2, 0) is 19.1 Å². The van der Waals surface area contributed by atoms with E-state index in [1.807, 2.05) is 0 Å². The summed E-state index contributed by atoms with van der Waals surface area (Å²) in [6, 6.07) is 0. The summed E-state index contributed by atoms with van der Waals surface area (Å²) in [6.45, 7) is 3.10. The van der Waals surface area contributed by atoms with Crippen LogP contribution in [0.1, 0.15) is 32.1 Å². The number of carbonyl (C=O) groups is 1. The van der Waals surface area contributed by atoms with Gasteiger partial charge < -0.3 is 5.73 Å². The molecule has 0 bridgehead atoms. The van der Waals surface area contributed by atoms with E-state index in [9.17, 15) is 13.2 Å². The minimum Gasteiger partial charge on any atom is -0.365 e. The van der Waals surface area contributed by atoms with Crippen LogP contribution in [-0.4, -0.2) is 20.4 Å². The maximum Gasteiger partial charge on any atom is 0.302 e. The molecule has 86 valence electrons. The summed E-state index contributed by atoms with van der Waals surface area (Å²) >= 11 is 0. The van der Waals surface area contributed by atoms with Crippen LogP contribution < -0.4 is 5.73 Å². The molecule has 15 heavy (non-hydrogen) atoms. The zero-order chi connectivity index (χ0) is 11.5. The van der Waals surface area contributed by atoms with E-state index >= 15 is 0 Å². The average molecular weight is 233 g/mol. The zero-order valence-corrected chi connectivity index (χ0v) is 9.26. The highest BCUT2D eigenvalue weighted by Gasteiger charge is 2.26. The van der Waals surface area contributed by atoms with Crippen molar-refractivity contribution in [3.63, 3.8) is 0 Å². The van der Waals surface area contributed by atoms with Crippen molar-refractivity contribution in [2.24, 2.45) is 5.73 Å². The largest absolute Gasteiger partial charge is 0.365 e. The van der Waals surface area contributed by atoms with Gasteiger partial charge in [0.2, 0.25) is 0 Å². The number of primary amides is 1.